The first kappa shape index (κ1) is 15.2. The van der Waals surface area contributed by atoms with E-state index in [1.165, 1.54) is 18.2 Å². The second kappa shape index (κ2) is 6.03. The highest BCUT2D eigenvalue weighted by Crippen LogP contribution is 2.34. The van der Waals surface area contributed by atoms with Crippen LogP contribution in [0.1, 0.15) is 5.56 Å². The zero-order chi connectivity index (χ0) is 14.9. The molecule has 2 rings (SSSR count). The molecule has 0 amide bonds. The number of thiocarbonyl (C=S) groups is 1. The number of benzene rings is 2. The van der Waals surface area contributed by atoms with Crippen molar-refractivity contribution in [2.45, 2.75) is 0 Å². The average Bonchev–Trinajstić information content (AvgIpc) is 2.37. The van der Waals surface area contributed by atoms with Gasteiger partial charge in [0.25, 0.3) is 0 Å². The molecular formula is C13H7BrClF2NOS. The van der Waals surface area contributed by atoms with Gasteiger partial charge in [-0.1, -0.05) is 23.8 Å². The van der Waals surface area contributed by atoms with Gasteiger partial charge >= 0.3 is 0 Å². The zero-order valence-electron chi connectivity index (χ0n) is 9.79. The number of halogens is 4. The molecule has 0 aliphatic carbocycles. The summed E-state index contributed by atoms with van der Waals surface area (Å²) in [6, 6.07) is 6.42. The van der Waals surface area contributed by atoms with Crippen LogP contribution in [-0.2, 0) is 0 Å². The highest BCUT2D eigenvalue weighted by Gasteiger charge is 2.12. The summed E-state index contributed by atoms with van der Waals surface area (Å²) >= 11 is 13.5. The van der Waals surface area contributed by atoms with E-state index in [1.807, 2.05) is 0 Å². The van der Waals surface area contributed by atoms with Crippen molar-refractivity contribution in [1.82, 2.24) is 0 Å². The van der Waals surface area contributed by atoms with Gasteiger partial charge in [0, 0.05) is 11.6 Å². The predicted octanol–water partition coefficient (Wildman–Crippen LogP) is 4.81. The van der Waals surface area contributed by atoms with Crippen LogP contribution in [0.2, 0.25) is 5.02 Å². The molecule has 104 valence electrons. The Morgan fingerprint density at radius 2 is 1.85 bits per heavy atom. The van der Waals surface area contributed by atoms with Crippen molar-refractivity contribution in [1.29, 1.82) is 0 Å². The first-order valence-electron chi connectivity index (χ1n) is 5.30. The quantitative estimate of drug-likeness (QED) is 0.615. The lowest BCUT2D eigenvalue weighted by molar-refractivity contribution is 0.436. The summed E-state index contributed by atoms with van der Waals surface area (Å²) in [5, 5.41) is -0.0616. The SMILES string of the molecule is NC(=S)c1ccc(Oc2cc(F)c(Cl)cc2Br)c(F)c1. The fourth-order valence-corrected chi connectivity index (χ4v) is 2.28. The van der Waals surface area contributed by atoms with E-state index in [0.29, 0.717) is 10.0 Å². The molecule has 0 bridgehead atoms. The third kappa shape index (κ3) is 3.26. The van der Waals surface area contributed by atoms with Gasteiger partial charge < -0.3 is 10.5 Å². The van der Waals surface area contributed by atoms with E-state index in [1.54, 1.807) is 0 Å². The molecule has 0 saturated heterocycles. The van der Waals surface area contributed by atoms with Gasteiger partial charge in [0.2, 0.25) is 0 Å². The molecule has 0 aliphatic rings. The lowest BCUT2D eigenvalue weighted by Gasteiger charge is -2.10. The molecule has 0 fully saturated rings. The standard InChI is InChI=1S/C13H7BrClF2NOS/c14-7-4-8(15)9(16)5-12(7)19-11-2-1-6(13(18)20)3-10(11)17/h1-5H,(H2,18,20). The average molecular weight is 379 g/mol. The largest absolute Gasteiger partial charge is 0.453 e. The Labute approximate surface area is 132 Å². The smallest absolute Gasteiger partial charge is 0.166 e. The van der Waals surface area contributed by atoms with E-state index < -0.39 is 11.6 Å². The highest BCUT2D eigenvalue weighted by molar-refractivity contribution is 9.10. The fraction of sp³-hybridized carbons (Fsp3) is 0. The molecule has 2 nitrogen and oxygen atoms in total. The Bertz CT molecular complexity index is 696. The Balaban J connectivity index is 2.35. The molecule has 0 atom stereocenters. The van der Waals surface area contributed by atoms with Crippen molar-refractivity contribution in [2.75, 3.05) is 0 Å². The van der Waals surface area contributed by atoms with Gasteiger partial charge in [0.05, 0.1) is 9.50 Å². The van der Waals surface area contributed by atoms with Gasteiger partial charge in [-0.05, 0) is 40.2 Å². The first-order valence-corrected chi connectivity index (χ1v) is 6.88. The maximum absolute atomic E-state index is 13.8. The van der Waals surface area contributed by atoms with Crippen LogP contribution in [0.25, 0.3) is 0 Å². The molecule has 2 aromatic carbocycles. The number of nitrogens with two attached hydrogens (primary N) is 1. The van der Waals surface area contributed by atoms with Crippen molar-refractivity contribution in [3.8, 4) is 11.5 Å². The number of rotatable bonds is 3. The number of ether oxygens (including phenoxy) is 1. The highest BCUT2D eigenvalue weighted by atomic mass is 79.9. The Kier molecular flexibility index (Phi) is 4.57. The maximum Gasteiger partial charge on any atom is 0.166 e. The third-order valence-corrected chi connectivity index (χ3v) is 3.56. The Hall–Kier alpha value is -1.24. The molecule has 2 N–H and O–H groups in total. The van der Waals surface area contributed by atoms with Gasteiger partial charge in [-0.25, -0.2) is 8.78 Å². The lowest BCUT2D eigenvalue weighted by Crippen LogP contribution is -2.09. The van der Waals surface area contributed by atoms with Gasteiger partial charge in [-0.2, -0.15) is 0 Å². The van der Waals surface area contributed by atoms with Crippen LogP contribution in [0, 0.1) is 11.6 Å². The van der Waals surface area contributed by atoms with E-state index in [9.17, 15) is 8.78 Å². The van der Waals surface area contributed by atoms with Crippen molar-refractivity contribution in [3.05, 3.63) is 57.0 Å². The molecule has 0 saturated carbocycles. The zero-order valence-corrected chi connectivity index (χ0v) is 13.0. The van der Waals surface area contributed by atoms with Crippen LogP contribution < -0.4 is 10.5 Å². The minimum Gasteiger partial charge on any atom is -0.453 e. The summed E-state index contributed by atoms with van der Waals surface area (Å²) < 4.78 is 32.9. The van der Waals surface area contributed by atoms with E-state index >= 15 is 0 Å². The van der Waals surface area contributed by atoms with Gasteiger partial charge in [-0.15, -0.1) is 0 Å². The Morgan fingerprint density at radius 1 is 1.15 bits per heavy atom. The first-order chi connectivity index (χ1) is 9.38. The van der Waals surface area contributed by atoms with Crippen LogP contribution in [0.4, 0.5) is 8.78 Å². The molecule has 0 spiro atoms. The Morgan fingerprint density at radius 3 is 2.45 bits per heavy atom. The third-order valence-electron chi connectivity index (χ3n) is 2.41. The molecule has 2 aromatic rings. The van der Waals surface area contributed by atoms with Gasteiger partial charge in [-0.3, -0.25) is 0 Å². The number of hydrogen-bond donors (Lipinski definition) is 1. The molecule has 0 heterocycles. The fourth-order valence-electron chi connectivity index (χ4n) is 1.44. The second-order valence-corrected chi connectivity index (χ2v) is 5.51. The van der Waals surface area contributed by atoms with E-state index in [2.05, 4.69) is 15.9 Å². The van der Waals surface area contributed by atoms with Gasteiger partial charge in [0.15, 0.2) is 11.6 Å². The molecule has 20 heavy (non-hydrogen) atoms. The normalized spacial score (nSPS) is 10.4. The summed E-state index contributed by atoms with van der Waals surface area (Å²) in [7, 11) is 0. The van der Waals surface area contributed by atoms with Crippen LogP contribution in [0.3, 0.4) is 0 Å². The predicted molar refractivity (Wildman–Crippen MR) is 81.5 cm³/mol. The van der Waals surface area contributed by atoms with Crippen molar-refractivity contribution in [2.24, 2.45) is 5.73 Å². The topological polar surface area (TPSA) is 35.2 Å². The molecule has 0 unspecified atom stereocenters. The lowest BCUT2D eigenvalue weighted by atomic mass is 10.2. The summed E-state index contributed by atoms with van der Waals surface area (Å²) in [6.45, 7) is 0. The van der Waals surface area contributed by atoms with E-state index in [4.69, 9.17) is 34.3 Å². The van der Waals surface area contributed by atoms with Crippen molar-refractivity contribution >= 4 is 44.7 Å². The molecule has 7 heteroatoms. The molecule has 0 radical (unpaired) electrons. The van der Waals surface area contributed by atoms with Crippen LogP contribution in [0.5, 0.6) is 11.5 Å². The summed E-state index contributed by atoms with van der Waals surface area (Å²) in [5.41, 5.74) is 5.78. The summed E-state index contributed by atoms with van der Waals surface area (Å²) in [5.74, 6) is -1.29. The van der Waals surface area contributed by atoms with Crippen molar-refractivity contribution < 1.29 is 13.5 Å². The van der Waals surface area contributed by atoms with Gasteiger partial charge in [0.1, 0.15) is 16.6 Å². The summed E-state index contributed by atoms with van der Waals surface area (Å²) in [6.07, 6.45) is 0. The minimum absolute atomic E-state index is 0.0616. The van der Waals surface area contributed by atoms with Crippen molar-refractivity contribution in [3.63, 3.8) is 0 Å². The van der Waals surface area contributed by atoms with E-state index in [-0.39, 0.29) is 21.5 Å². The van der Waals surface area contributed by atoms with E-state index in [0.717, 1.165) is 12.1 Å². The molecular weight excluding hydrogens is 372 g/mol. The number of hydrogen-bond acceptors (Lipinski definition) is 2. The molecule has 0 aromatic heterocycles. The summed E-state index contributed by atoms with van der Waals surface area (Å²) in [4.78, 5) is 0.0779. The van der Waals surface area contributed by atoms with Crippen LogP contribution in [0.15, 0.2) is 34.8 Å². The minimum atomic E-state index is -0.662. The molecule has 0 aliphatic heterocycles. The van der Waals surface area contributed by atoms with Crippen LogP contribution >= 0.6 is 39.7 Å². The monoisotopic (exact) mass is 377 g/mol. The van der Waals surface area contributed by atoms with Crippen LogP contribution in [-0.4, -0.2) is 4.99 Å². The maximum atomic E-state index is 13.8. The second-order valence-electron chi connectivity index (χ2n) is 3.81.